The molecule has 0 aliphatic rings. The molecule has 0 aromatic heterocycles. The molecule has 0 saturated carbocycles. The smallest absolute Gasteiger partial charge is 0.334 e. The molecule has 1 aromatic carbocycles. The zero-order valence-corrected chi connectivity index (χ0v) is 9.73. The van der Waals surface area contributed by atoms with E-state index in [4.69, 9.17) is 10.2 Å². The first-order chi connectivity index (χ1) is 7.93. The summed E-state index contributed by atoms with van der Waals surface area (Å²) >= 11 is 0. The van der Waals surface area contributed by atoms with Gasteiger partial charge in [0.2, 0.25) is 0 Å². The van der Waals surface area contributed by atoms with Crippen LogP contribution in [-0.2, 0) is 4.79 Å². The highest BCUT2D eigenvalue weighted by atomic mass is 16.4. The third-order valence-corrected chi connectivity index (χ3v) is 2.45. The van der Waals surface area contributed by atoms with Crippen molar-refractivity contribution in [1.82, 2.24) is 5.32 Å². The lowest BCUT2D eigenvalue weighted by Crippen LogP contribution is -2.37. The van der Waals surface area contributed by atoms with Crippen molar-refractivity contribution in [2.45, 2.75) is 20.0 Å². The van der Waals surface area contributed by atoms with Crippen molar-refractivity contribution in [3.8, 4) is 0 Å². The SMILES string of the molecule is Cc1cccc(C)c1C(=O)NCC(O)C(=O)O. The Morgan fingerprint density at radius 2 is 1.82 bits per heavy atom. The van der Waals surface area contributed by atoms with Crippen LogP contribution in [-0.4, -0.2) is 34.7 Å². The second-order valence-corrected chi connectivity index (χ2v) is 3.83. The second-order valence-electron chi connectivity index (χ2n) is 3.83. The van der Waals surface area contributed by atoms with Gasteiger partial charge >= 0.3 is 5.97 Å². The van der Waals surface area contributed by atoms with Gasteiger partial charge in [-0.2, -0.15) is 0 Å². The molecule has 0 bridgehead atoms. The Balaban J connectivity index is 2.74. The predicted molar refractivity (Wildman–Crippen MR) is 61.9 cm³/mol. The molecule has 17 heavy (non-hydrogen) atoms. The van der Waals surface area contributed by atoms with Gasteiger partial charge in [0, 0.05) is 5.56 Å². The monoisotopic (exact) mass is 237 g/mol. The number of carbonyl (C=O) groups is 2. The van der Waals surface area contributed by atoms with E-state index in [9.17, 15) is 9.59 Å². The number of amides is 1. The van der Waals surface area contributed by atoms with Crippen LogP contribution in [0.25, 0.3) is 0 Å². The number of carboxylic acids is 1. The quantitative estimate of drug-likeness (QED) is 0.710. The molecule has 92 valence electrons. The van der Waals surface area contributed by atoms with E-state index in [1.807, 2.05) is 6.07 Å². The molecule has 0 radical (unpaired) electrons. The van der Waals surface area contributed by atoms with Gasteiger partial charge in [0.05, 0.1) is 6.54 Å². The summed E-state index contributed by atoms with van der Waals surface area (Å²) in [5, 5.41) is 19.9. The molecule has 5 heteroatoms. The van der Waals surface area contributed by atoms with Crippen molar-refractivity contribution >= 4 is 11.9 Å². The molecule has 3 N–H and O–H groups in total. The van der Waals surface area contributed by atoms with Crippen LogP contribution in [0.3, 0.4) is 0 Å². The maximum Gasteiger partial charge on any atom is 0.334 e. The molecular formula is C12H15NO4. The Morgan fingerprint density at radius 3 is 2.29 bits per heavy atom. The van der Waals surface area contributed by atoms with Gasteiger partial charge in [-0.1, -0.05) is 18.2 Å². The molecule has 5 nitrogen and oxygen atoms in total. The third kappa shape index (κ3) is 3.29. The van der Waals surface area contributed by atoms with Crippen molar-refractivity contribution in [3.05, 3.63) is 34.9 Å². The first kappa shape index (κ1) is 13.2. The maximum atomic E-state index is 11.8. The first-order valence-corrected chi connectivity index (χ1v) is 5.18. The molecule has 1 atom stereocenters. The van der Waals surface area contributed by atoms with E-state index in [0.717, 1.165) is 11.1 Å². The highest BCUT2D eigenvalue weighted by molar-refractivity contribution is 5.97. The Hall–Kier alpha value is -1.88. The lowest BCUT2D eigenvalue weighted by atomic mass is 10.0. The highest BCUT2D eigenvalue weighted by Gasteiger charge is 2.16. The number of benzene rings is 1. The summed E-state index contributed by atoms with van der Waals surface area (Å²) < 4.78 is 0. The summed E-state index contributed by atoms with van der Waals surface area (Å²) in [5.41, 5.74) is 2.14. The van der Waals surface area contributed by atoms with E-state index in [-0.39, 0.29) is 12.5 Å². The zero-order valence-electron chi connectivity index (χ0n) is 9.73. The average Bonchev–Trinajstić information content (AvgIpc) is 2.25. The lowest BCUT2D eigenvalue weighted by Gasteiger charge is -2.11. The number of hydrogen-bond donors (Lipinski definition) is 3. The first-order valence-electron chi connectivity index (χ1n) is 5.18. The maximum absolute atomic E-state index is 11.8. The number of aliphatic hydroxyl groups is 1. The summed E-state index contributed by atoms with van der Waals surface area (Å²) in [4.78, 5) is 22.2. The molecular weight excluding hydrogens is 222 g/mol. The summed E-state index contributed by atoms with van der Waals surface area (Å²) in [7, 11) is 0. The van der Waals surface area contributed by atoms with E-state index >= 15 is 0 Å². The van der Waals surface area contributed by atoms with Gasteiger partial charge in [0.15, 0.2) is 6.10 Å². The van der Waals surface area contributed by atoms with E-state index < -0.39 is 12.1 Å². The summed E-state index contributed by atoms with van der Waals surface area (Å²) in [6.45, 7) is 3.30. The van der Waals surface area contributed by atoms with E-state index in [0.29, 0.717) is 5.56 Å². The van der Waals surface area contributed by atoms with E-state index in [1.54, 1.807) is 26.0 Å². The molecule has 1 rings (SSSR count). The Kier molecular flexibility index (Phi) is 4.23. The van der Waals surface area contributed by atoms with Crippen LogP contribution in [0.4, 0.5) is 0 Å². The third-order valence-electron chi connectivity index (χ3n) is 2.45. The van der Waals surface area contributed by atoms with Crippen LogP contribution in [0.15, 0.2) is 18.2 Å². The van der Waals surface area contributed by atoms with Crippen molar-refractivity contribution in [2.75, 3.05) is 6.54 Å². The molecule has 0 aliphatic heterocycles. The van der Waals surface area contributed by atoms with Gasteiger partial charge in [-0.25, -0.2) is 4.79 Å². The number of aryl methyl sites for hydroxylation is 2. The molecule has 0 spiro atoms. The molecule has 0 aliphatic carbocycles. The number of rotatable bonds is 4. The lowest BCUT2D eigenvalue weighted by molar-refractivity contribution is -0.146. The average molecular weight is 237 g/mol. The minimum atomic E-state index is -1.58. The van der Waals surface area contributed by atoms with Gasteiger partial charge in [-0.15, -0.1) is 0 Å². The van der Waals surface area contributed by atoms with Gasteiger partial charge < -0.3 is 15.5 Å². The van der Waals surface area contributed by atoms with Crippen LogP contribution in [0.5, 0.6) is 0 Å². The Labute approximate surface area is 99.1 Å². The number of carbonyl (C=O) groups excluding carboxylic acids is 1. The van der Waals surface area contributed by atoms with Crippen LogP contribution < -0.4 is 5.32 Å². The van der Waals surface area contributed by atoms with Gasteiger partial charge in [-0.05, 0) is 25.0 Å². The summed E-state index contributed by atoms with van der Waals surface area (Å²) in [6, 6.07) is 5.44. The Bertz CT molecular complexity index is 422. The van der Waals surface area contributed by atoms with Gasteiger partial charge in [0.25, 0.3) is 5.91 Å². The van der Waals surface area contributed by atoms with Crippen LogP contribution in [0.1, 0.15) is 21.5 Å². The number of hydrogen-bond acceptors (Lipinski definition) is 3. The molecule has 0 heterocycles. The topological polar surface area (TPSA) is 86.6 Å². The van der Waals surface area contributed by atoms with Crippen LogP contribution in [0, 0.1) is 13.8 Å². The molecule has 1 aromatic rings. The molecule has 0 saturated heterocycles. The normalized spacial score (nSPS) is 11.9. The zero-order chi connectivity index (χ0) is 13.0. The van der Waals surface area contributed by atoms with Crippen LogP contribution >= 0.6 is 0 Å². The largest absolute Gasteiger partial charge is 0.479 e. The minimum absolute atomic E-state index is 0.304. The van der Waals surface area contributed by atoms with Crippen molar-refractivity contribution in [3.63, 3.8) is 0 Å². The molecule has 0 fully saturated rings. The van der Waals surface area contributed by atoms with Gasteiger partial charge in [0.1, 0.15) is 0 Å². The predicted octanol–water partition coefficient (Wildman–Crippen LogP) is 0.479. The van der Waals surface area contributed by atoms with Crippen molar-refractivity contribution in [2.24, 2.45) is 0 Å². The van der Waals surface area contributed by atoms with E-state index in [1.165, 1.54) is 0 Å². The second kappa shape index (κ2) is 5.45. The molecule has 1 amide bonds. The fourth-order valence-corrected chi connectivity index (χ4v) is 1.54. The standard InChI is InChI=1S/C12H15NO4/c1-7-4-3-5-8(2)10(7)11(15)13-6-9(14)12(16)17/h3-5,9,14H,6H2,1-2H3,(H,13,15)(H,16,17). The van der Waals surface area contributed by atoms with Crippen molar-refractivity contribution in [1.29, 1.82) is 0 Å². The van der Waals surface area contributed by atoms with Crippen LogP contribution in [0.2, 0.25) is 0 Å². The number of aliphatic hydroxyl groups excluding tert-OH is 1. The van der Waals surface area contributed by atoms with E-state index in [2.05, 4.69) is 5.32 Å². The number of carboxylic acid groups (broad SMARTS) is 1. The van der Waals surface area contributed by atoms with Crippen molar-refractivity contribution < 1.29 is 19.8 Å². The summed E-state index contributed by atoms with van der Waals surface area (Å²) in [5.74, 6) is -1.73. The number of aliphatic carboxylic acids is 1. The highest BCUT2D eigenvalue weighted by Crippen LogP contribution is 2.12. The minimum Gasteiger partial charge on any atom is -0.479 e. The Morgan fingerprint density at radius 1 is 1.29 bits per heavy atom. The molecule has 1 unspecified atom stereocenters. The van der Waals surface area contributed by atoms with Gasteiger partial charge in [-0.3, -0.25) is 4.79 Å². The fourth-order valence-electron chi connectivity index (χ4n) is 1.54. The number of nitrogens with one attached hydrogen (secondary N) is 1. The fraction of sp³-hybridized carbons (Fsp3) is 0.333. The summed E-state index contributed by atoms with van der Waals surface area (Å²) in [6.07, 6.45) is -1.58.